The number of piperidine rings is 1. The number of alkyl halides is 3. The quantitative estimate of drug-likeness (QED) is 0.621. The van der Waals surface area contributed by atoms with Gasteiger partial charge in [-0.25, -0.2) is 15.0 Å². The van der Waals surface area contributed by atoms with E-state index in [-0.39, 0.29) is 41.1 Å². The summed E-state index contributed by atoms with van der Waals surface area (Å²) in [4.78, 5) is 28.1. The molecule has 4 rings (SSSR count). The van der Waals surface area contributed by atoms with Gasteiger partial charge in [-0.15, -0.1) is 0 Å². The minimum Gasteiger partial charge on any atom is -0.368 e. The van der Waals surface area contributed by atoms with Gasteiger partial charge in [0.2, 0.25) is 5.96 Å². The average Bonchev–Trinajstić information content (AvgIpc) is 2.78. The lowest BCUT2D eigenvalue weighted by atomic mass is 10.0. The zero-order valence-electron chi connectivity index (χ0n) is 19.8. The van der Waals surface area contributed by atoms with Gasteiger partial charge in [-0.2, -0.15) is 18.4 Å². The highest BCUT2D eigenvalue weighted by Crippen LogP contribution is 2.29. The van der Waals surface area contributed by atoms with Crippen LogP contribution in [0.1, 0.15) is 44.6 Å². The fraction of sp³-hybridized carbons (Fsp3) is 0.522. The van der Waals surface area contributed by atoms with Crippen molar-refractivity contribution < 1.29 is 13.2 Å². The van der Waals surface area contributed by atoms with Crippen LogP contribution >= 0.6 is 11.6 Å². The molecule has 13 heteroatoms. The van der Waals surface area contributed by atoms with Gasteiger partial charge in [0.15, 0.2) is 0 Å². The predicted molar refractivity (Wildman–Crippen MR) is 131 cm³/mol. The standard InChI is InChI=1S/C23H26ClF3N8O/c1-12-15(10-28)19(33-22(29)31-12)30-13(2)20-32-17-5-3-4-16(24)18(17)21(36)35(20)14-6-8-34(9-7-14)11-23(25,26)27/h3-5,13-15,19,30H,6-9,11H2,1-2H3,(H2,29,33)/t13-,15?,19?/m0/s1. The van der Waals surface area contributed by atoms with Crippen molar-refractivity contribution in [3.8, 4) is 6.07 Å². The smallest absolute Gasteiger partial charge is 0.368 e. The van der Waals surface area contributed by atoms with Gasteiger partial charge in [-0.05, 0) is 38.8 Å². The van der Waals surface area contributed by atoms with Crippen molar-refractivity contribution >= 4 is 34.2 Å². The maximum Gasteiger partial charge on any atom is 0.401 e. The number of aliphatic imine (C=N–C) groups is 2. The summed E-state index contributed by atoms with van der Waals surface area (Å²) in [5, 5.41) is 13.4. The van der Waals surface area contributed by atoms with Gasteiger partial charge in [0.1, 0.15) is 17.9 Å². The molecule has 3 heterocycles. The molecule has 36 heavy (non-hydrogen) atoms. The molecule has 0 aliphatic carbocycles. The van der Waals surface area contributed by atoms with Crippen LogP contribution in [-0.2, 0) is 0 Å². The van der Waals surface area contributed by atoms with E-state index in [4.69, 9.17) is 22.3 Å². The van der Waals surface area contributed by atoms with E-state index in [0.29, 0.717) is 29.9 Å². The van der Waals surface area contributed by atoms with Crippen molar-refractivity contribution in [2.24, 2.45) is 21.6 Å². The van der Waals surface area contributed by atoms with E-state index in [0.717, 1.165) is 0 Å². The van der Waals surface area contributed by atoms with E-state index in [9.17, 15) is 23.2 Å². The highest BCUT2D eigenvalue weighted by Gasteiger charge is 2.35. The van der Waals surface area contributed by atoms with E-state index in [2.05, 4.69) is 21.4 Å². The topological polar surface area (TPSA) is 125 Å². The maximum atomic E-state index is 13.7. The number of aromatic nitrogens is 2. The molecule has 0 bridgehead atoms. The third-order valence-corrected chi connectivity index (χ3v) is 6.82. The molecule has 1 aromatic carbocycles. The third kappa shape index (κ3) is 5.38. The van der Waals surface area contributed by atoms with Crippen molar-refractivity contribution in [1.82, 2.24) is 19.8 Å². The van der Waals surface area contributed by atoms with E-state index in [1.807, 2.05) is 0 Å². The third-order valence-electron chi connectivity index (χ3n) is 6.51. The lowest BCUT2D eigenvalue weighted by Gasteiger charge is -2.35. The number of nitrogens with two attached hydrogens (primary N) is 1. The zero-order valence-corrected chi connectivity index (χ0v) is 20.5. The van der Waals surface area contributed by atoms with Crippen LogP contribution in [0.2, 0.25) is 5.02 Å². The summed E-state index contributed by atoms with van der Waals surface area (Å²) in [6, 6.07) is 6.22. The molecule has 3 atom stereocenters. The number of nitrogens with one attached hydrogen (secondary N) is 1. The van der Waals surface area contributed by atoms with E-state index in [1.54, 1.807) is 32.0 Å². The van der Waals surface area contributed by atoms with Gasteiger partial charge in [0.25, 0.3) is 5.56 Å². The lowest BCUT2D eigenvalue weighted by Crippen LogP contribution is -2.46. The average molecular weight is 523 g/mol. The molecule has 192 valence electrons. The molecular formula is C23H26ClF3N8O. The van der Waals surface area contributed by atoms with Gasteiger partial charge in [0.05, 0.1) is 34.6 Å². The van der Waals surface area contributed by atoms with Crippen LogP contribution in [0.3, 0.4) is 0 Å². The SMILES string of the molecule is CC1=NC(N)=NC(N[C@@H](C)c2nc3cccc(Cl)c3c(=O)n2C2CCN(CC(F)(F)F)CC2)C1C#N. The Kier molecular flexibility index (Phi) is 7.36. The van der Waals surface area contributed by atoms with Gasteiger partial charge in [0, 0.05) is 24.8 Å². The first-order valence-corrected chi connectivity index (χ1v) is 11.9. The second kappa shape index (κ2) is 10.2. The Hall–Kier alpha value is -3.01. The molecule has 2 unspecified atom stereocenters. The van der Waals surface area contributed by atoms with Crippen molar-refractivity contribution in [3.63, 3.8) is 0 Å². The van der Waals surface area contributed by atoms with E-state index < -0.39 is 30.8 Å². The van der Waals surface area contributed by atoms with Crippen molar-refractivity contribution in [2.75, 3.05) is 19.6 Å². The number of benzene rings is 1. The number of halogens is 4. The Bertz CT molecular complexity index is 1310. The number of rotatable bonds is 5. The summed E-state index contributed by atoms with van der Waals surface area (Å²) in [6.45, 7) is 2.87. The Labute approximate surface area is 210 Å². The number of guanidine groups is 1. The van der Waals surface area contributed by atoms with Gasteiger partial charge in [-0.1, -0.05) is 17.7 Å². The number of hydrogen-bond donors (Lipinski definition) is 2. The van der Waals surface area contributed by atoms with Crippen molar-refractivity contribution in [1.29, 1.82) is 5.26 Å². The lowest BCUT2D eigenvalue weighted by molar-refractivity contribution is -0.148. The van der Waals surface area contributed by atoms with Crippen LogP contribution in [0.5, 0.6) is 0 Å². The second-order valence-electron chi connectivity index (χ2n) is 9.08. The van der Waals surface area contributed by atoms with Crippen LogP contribution < -0.4 is 16.6 Å². The van der Waals surface area contributed by atoms with Crippen molar-refractivity contribution in [3.05, 3.63) is 39.4 Å². The molecule has 2 aromatic rings. The molecule has 0 saturated carbocycles. The molecule has 1 saturated heterocycles. The van der Waals surface area contributed by atoms with Crippen LogP contribution in [0, 0.1) is 17.2 Å². The monoisotopic (exact) mass is 522 g/mol. The highest BCUT2D eigenvalue weighted by molar-refractivity contribution is 6.35. The maximum absolute atomic E-state index is 13.7. The summed E-state index contributed by atoms with van der Waals surface area (Å²) in [6.07, 6.45) is -4.31. The molecule has 1 aromatic heterocycles. The second-order valence-corrected chi connectivity index (χ2v) is 9.49. The molecule has 0 amide bonds. The molecule has 0 radical (unpaired) electrons. The van der Waals surface area contributed by atoms with Crippen LogP contribution in [0.25, 0.3) is 10.9 Å². The van der Waals surface area contributed by atoms with E-state index in [1.165, 1.54) is 9.47 Å². The predicted octanol–water partition coefficient (Wildman–Crippen LogP) is 3.15. The summed E-state index contributed by atoms with van der Waals surface area (Å²) >= 11 is 6.34. The largest absolute Gasteiger partial charge is 0.401 e. The molecule has 3 N–H and O–H groups in total. The summed E-state index contributed by atoms with van der Waals surface area (Å²) in [7, 11) is 0. The number of hydrogen-bond acceptors (Lipinski definition) is 8. The fourth-order valence-electron chi connectivity index (χ4n) is 4.82. The highest BCUT2D eigenvalue weighted by atomic mass is 35.5. The summed E-state index contributed by atoms with van der Waals surface area (Å²) in [5.74, 6) is -0.244. The summed E-state index contributed by atoms with van der Waals surface area (Å²) in [5.41, 5.74) is 6.37. The molecule has 2 aliphatic rings. The first-order valence-electron chi connectivity index (χ1n) is 11.5. The minimum absolute atomic E-state index is 0.0383. The first-order chi connectivity index (χ1) is 17.0. The molecule has 2 aliphatic heterocycles. The fourth-order valence-corrected chi connectivity index (χ4v) is 5.07. The molecule has 0 spiro atoms. The Balaban J connectivity index is 1.71. The molecular weight excluding hydrogens is 497 g/mol. The first kappa shape index (κ1) is 26.1. The number of nitriles is 1. The normalized spacial score (nSPS) is 22.7. The summed E-state index contributed by atoms with van der Waals surface area (Å²) < 4.78 is 40.2. The Morgan fingerprint density at radius 2 is 2.03 bits per heavy atom. The van der Waals surface area contributed by atoms with Crippen LogP contribution in [0.15, 0.2) is 33.0 Å². The minimum atomic E-state index is -4.29. The van der Waals surface area contributed by atoms with Gasteiger partial charge < -0.3 is 5.73 Å². The number of likely N-dealkylation sites (tertiary alicyclic amines) is 1. The Morgan fingerprint density at radius 3 is 2.67 bits per heavy atom. The van der Waals surface area contributed by atoms with Crippen molar-refractivity contribution in [2.45, 2.75) is 51.1 Å². The number of fused-ring (bicyclic) bond motifs is 1. The van der Waals surface area contributed by atoms with Crippen LogP contribution in [0.4, 0.5) is 13.2 Å². The molecule has 9 nitrogen and oxygen atoms in total. The van der Waals surface area contributed by atoms with Crippen LogP contribution in [-0.4, -0.2) is 58.1 Å². The zero-order chi connectivity index (χ0) is 26.2. The van der Waals surface area contributed by atoms with Gasteiger partial charge >= 0.3 is 6.18 Å². The van der Waals surface area contributed by atoms with Gasteiger partial charge in [-0.3, -0.25) is 19.6 Å². The van der Waals surface area contributed by atoms with E-state index >= 15 is 0 Å². The number of nitrogens with zero attached hydrogens (tertiary/aromatic N) is 6. The Morgan fingerprint density at radius 1 is 1.33 bits per heavy atom. The molecule has 1 fully saturated rings.